The minimum atomic E-state index is -0.983. The van der Waals surface area contributed by atoms with Crippen LogP contribution >= 0.6 is 11.6 Å². The Labute approximate surface area is 158 Å². The van der Waals surface area contributed by atoms with E-state index in [4.69, 9.17) is 11.6 Å². The van der Waals surface area contributed by atoms with E-state index in [2.05, 4.69) is 10.4 Å². The molecule has 0 spiro atoms. The molecule has 0 bridgehead atoms. The van der Waals surface area contributed by atoms with E-state index in [1.165, 1.54) is 0 Å². The molecule has 0 fully saturated rings. The lowest BCUT2D eigenvalue weighted by Gasteiger charge is -2.11. The first-order valence-corrected chi connectivity index (χ1v) is 9.97. The standard InChI is InChI=1S/C19H16ClN3O2S/c1-12-5-7-13(8-6-12)19(24)21-18-16-10-26(25)11-17(16)22-23(18)15-4-2-3-14(20)9-15/h2-9H,10-11H2,1H3,(H,21,24)/t26-/m1/s1. The van der Waals surface area contributed by atoms with Crippen LogP contribution in [0.1, 0.15) is 27.2 Å². The van der Waals surface area contributed by atoms with Gasteiger partial charge in [0.25, 0.3) is 5.91 Å². The van der Waals surface area contributed by atoms with Gasteiger partial charge in [0.05, 0.1) is 22.9 Å². The van der Waals surface area contributed by atoms with E-state index in [9.17, 15) is 9.00 Å². The zero-order chi connectivity index (χ0) is 18.3. The molecule has 0 saturated heterocycles. The van der Waals surface area contributed by atoms with Gasteiger partial charge in [-0.3, -0.25) is 9.00 Å². The second-order valence-electron chi connectivity index (χ2n) is 6.21. The van der Waals surface area contributed by atoms with Crippen molar-refractivity contribution < 1.29 is 9.00 Å². The average molecular weight is 386 g/mol. The number of hydrogen-bond donors (Lipinski definition) is 1. The summed E-state index contributed by atoms with van der Waals surface area (Å²) in [6.07, 6.45) is 0. The fraction of sp³-hybridized carbons (Fsp3) is 0.158. The van der Waals surface area contributed by atoms with Crippen LogP contribution in [0.2, 0.25) is 5.02 Å². The fourth-order valence-corrected chi connectivity index (χ4v) is 4.38. The molecule has 1 amide bonds. The van der Waals surface area contributed by atoms with Gasteiger partial charge in [-0.15, -0.1) is 0 Å². The van der Waals surface area contributed by atoms with E-state index in [-0.39, 0.29) is 5.91 Å². The highest BCUT2D eigenvalue weighted by atomic mass is 35.5. The van der Waals surface area contributed by atoms with Gasteiger partial charge in [0.1, 0.15) is 5.82 Å². The van der Waals surface area contributed by atoms with Crippen LogP contribution in [0.5, 0.6) is 0 Å². The monoisotopic (exact) mass is 385 g/mol. The molecule has 1 N–H and O–H groups in total. The third-order valence-corrected chi connectivity index (χ3v) is 5.71. The largest absolute Gasteiger partial charge is 0.306 e. The van der Waals surface area contributed by atoms with Crippen molar-refractivity contribution in [2.75, 3.05) is 5.32 Å². The van der Waals surface area contributed by atoms with Gasteiger partial charge in [0.15, 0.2) is 0 Å². The molecular formula is C19H16ClN3O2S. The molecule has 2 heterocycles. The van der Waals surface area contributed by atoms with E-state index in [0.717, 1.165) is 22.5 Å². The van der Waals surface area contributed by atoms with Crippen molar-refractivity contribution in [1.29, 1.82) is 0 Å². The SMILES string of the molecule is Cc1ccc(C(=O)Nc2c3c(nn2-c2cccc(Cl)c2)C[S@](=O)C3)cc1. The summed E-state index contributed by atoms with van der Waals surface area (Å²) in [5, 5.41) is 8.09. The minimum Gasteiger partial charge on any atom is -0.306 e. The first-order chi connectivity index (χ1) is 12.5. The molecule has 4 rings (SSSR count). The van der Waals surface area contributed by atoms with Crippen LogP contribution in [0.25, 0.3) is 5.69 Å². The maximum atomic E-state index is 12.7. The third kappa shape index (κ3) is 3.18. The van der Waals surface area contributed by atoms with Crippen molar-refractivity contribution >= 4 is 34.1 Å². The number of halogens is 1. The first-order valence-electron chi connectivity index (χ1n) is 8.11. The summed E-state index contributed by atoms with van der Waals surface area (Å²) in [6.45, 7) is 1.97. The number of fused-ring (bicyclic) bond motifs is 1. The van der Waals surface area contributed by atoms with Crippen LogP contribution in [0, 0.1) is 6.92 Å². The molecule has 132 valence electrons. The Hall–Kier alpha value is -2.44. The summed E-state index contributed by atoms with van der Waals surface area (Å²) in [6, 6.07) is 14.6. The Balaban J connectivity index is 1.75. The van der Waals surface area contributed by atoms with Crippen molar-refractivity contribution in [1.82, 2.24) is 9.78 Å². The highest BCUT2D eigenvalue weighted by Crippen LogP contribution is 2.32. The van der Waals surface area contributed by atoms with E-state index < -0.39 is 10.8 Å². The molecule has 2 aromatic carbocycles. The van der Waals surface area contributed by atoms with Crippen LogP contribution in [0.3, 0.4) is 0 Å². The van der Waals surface area contributed by atoms with Crippen molar-refractivity contribution in [3.05, 3.63) is 75.9 Å². The molecule has 5 nitrogen and oxygen atoms in total. The second kappa shape index (κ2) is 6.70. The lowest BCUT2D eigenvalue weighted by atomic mass is 10.1. The number of anilines is 1. The maximum absolute atomic E-state index is 12.7. The van der Waals surface area contributed by atoms with E-state index in [1.54, 1.807) is 28.9 Å². The number of amides is 1. The molecule has 0 aliphatic carbocycles. The number of aryl methyl sites for hydroxylation is 1. The minimum absolute atomic E-state index is 0.228. The molecule has 3 aromatic rings. The lowest BCUT2D eigenvalue weighted by Crippen LogP contribution is -2.16. The number of benzene rings is 2. The number of carbonyl (C=O) groups excluding carboxylic acids is 1. The number of nitrogens with one attached hydrogen (secondary N) is 1. The van der Waals surface area contributed by atoms with Gasteiger partial charge >= 0.3 is 0 Å². The molecule has 0 radical (unpaired) electrons. The topological polar surface area (TPSA) is 64.0 Å². The molecule has 0 saturated carbocycles. The molecule has 1 aliphatic heterocycles. The molecule has 1 aliphatic rings. The third-order valence-electron chi connectivity index (χ3n) is 4.27. The van der Waals surface area contributed by atoms with Gasteiger partial charge in [0.2, 0.25) is 0 Å². The number of hydrogen-bond acceptors (Lipinski definition) is 3. The van der Waals surface area contributed by atoms with Gasteiger partial charge in [-0.2, -0.15) is 5.10 Å². The van der Waals surface area contributed by atoms with Crippen molar-refractivity contribution in [3.8, 4) is 5.69 Å². The van der Waals surface area contributed by atoms with Crippen molar-refractivity contribution in [2.24, 2.45) is 0 Å². The molecular weight excluding hydrogens is 370 g/mol. The summed E-state index contributed by atoms with van der Waals surface area (Å²) in [7, 11) is -0.983. The zero-order valence-corrected chi connectivity index (χ0v) is 15.6. The van der Waals surface area contributed by atoms with Crippen LogP contribution in [0.15, 0.2) is 48.5 Å². The van der Waals surface area contributed by atoms with E-state index in [0.29, 0.717) is 27.9 Å². The Bertz CT molecular complexity index is 1030. The Morgan fingerprint density at radius 1 is 1.19 bits per heavy atom. The summed E-state index contributed by atoms with van der Waals surface area (Å²) >= 11 is 6.10. The summed E-state index contributed by atoms with van der Waals surface area (Å²) in [5.74, 6) is 1.11. The number of nitrogens with zero attached hydrogens (tertiary/aromatic N) is 2. The van der Waals surface area contributed by atoms with Crippen molar-refractivity contribution in [2.45, 2.75) is 18.4 Å². The highest BCUT2D eigenvalue weighted by Gasteiger charge is 2.28. The van der Waals surface area contributed by atoms with Crippen LogP contribution in [-0.4, -0.2) is 19.9 Å². The molecule has 26 heavy (non-hydrogen) atoms. The number of aromatic nitrogens is 2. The van der Waals surface area contributed by atoms with E-state index >= 15 is 0 Å². The number of rotatable bonds is 3. The summed E-state index contributed by atoms with van der Waals surface area (Å²) in [4.78, 5) is 12.7. The quantitative estimate of drug-likeness (QED) is 0.744. The van der Waals surface area contributed by atoms with Gasteiger partial charge in [0, 0.05) is 26.9 Å². The van der Waals surface area contributed by atoms with Crippen LogP contribution in [-0.2, 0) is 22.3 Å². The zero-order valence-electron chi connectivity index (χ0n) is 14.0. The maximum Gasteiger partial charge on any atom is 0.256 e. The van der Waals surface area contributed by atoms with Gasteiger partial charge in [-0.25, -0.2) is 4.68 Å². The summed E-state index contributed by atoms with van der Waals surface area (Å²) < 4.78 is 13.6. The van der Waals surface area contributed by atoms with E-state index in [1.807, 2.05) is 31.2 Å². The van der Waals surface area contributed by atoms with Gasteiger partial charge in [-0.05, 0) is 37.3 Å². The predicted molar refractivity (Wildman–Crippen MR) is 103 cm³/mol. The van der Waals surface area contributed by atoms with Crippen molar-refractivity contribution in [3.63, 3.8) is 0 Å². The Morgan fingerprint density at radius 3 is 2.69 bits per heavy atom. The number of carbonyl (C=O) groups is 1. The average Bonchev–Trinajstić information content (AvgIpc) is 3.12. The predicted octanol–water partition coefficient (Wildman–Crippen LogP) is 3.85. The molecule has 7 heteroatoms. The normalized spacial score (nSPS) is 15.7. The summed E-state index contributed by atoms with van der Waals surface area (Å²) in [5.41, 5.74) is 3.97. The Morgan fingerprint density at radius 2 is 1.96 bits per heavy atom. The lowest BCUT2D eigenvalue weighted by molar-refractivity contribution is 0.102. The fourth-order valence-electron chi connectivity index (χ4n) is 2.94. The highest BCUT2D eigenvalue weighted by molar-refractivity contribution is 7.83. The van der Waals surface area contributed by atoms with Crippen LogP contribution < -0.4 is 5.32 Å². The van der Waals surface area contributed by atoms with Gasteiger partial charge in [-0.1, -0.05) is 35.4 Å². The first kappa shape index (κ1) is 17.0. The Kier molecular flexibility index (Phi) is 4.38. The smallest absolute Gasteiger partial charge is 0.256 e. The van der Waals surface area contributed by atoms with Gasteiger partial charge < -0.3 is 5.32 Å². The molecule has 0 unspecified atom stereocenters. The second-order valence-corrected chi connectivity index (χ2v) is 8.11. The van der Waals surface area contributed by atoms with Crippen LogP contribution in [0.4, 0.5) is 5.82 Å². The molecule has 1 aromatic heterocycles. The molecule has 1 atom stereocenters.